The van der Waals surface area contributed by atoms with Crippen LogP contribution < -0.4 is 10.2 Å². The largest absolute Gasteiger partial charge is 0.381 e. The summed E-state index contributed by atoms with van der Waals surface area (Å²) in [6.45, 7) is 5.79. The van der Waals surface area contributed by atoms with Crippen molar-refractivity contribution in [2.45, 2.75) is 51.2 Å². The van der Waals surface area contributed by atoms with Gasteiger partial charge < -0.3 is 10.2 Å². The number of nitrogens with zero attached hydrogens (tertiary/aromatic N) is 2. The van der Waals surface area contributed by atoms with Crippen molar-refractivity contribution in [1.29, 1.82) is 0 Å². The van der Waals surface area contributed by atoms with Crippen molar-refractivity contribution in [3.63, 3.8) is 0 Å². The van der Waals surface area contributed by atoms with Crippen LogP contribution in [0.15, 0.2) is 18.2 Å². The molecule has 1 N–H and O–H groups in total. The number of aryl methyl sites for hydroxylation is 1. The van der Waals surface area contributed by atoms with Crippen LogP contribution in [0.25, 0.3) is 0 Å². The van der Waals surface area contributed by atoms with Gasteiger partial charge in [-0.2, -0.15) is 0 Å². The molecule has 110 valence electrons. The van der Waals surface area contributed by atoms with Crippen molar-refractivity contribution >= 4 is 11.4 Å². The summed E-state index contributed by atoms with van der Waals surface area (Å²) in [6, 6.07) is 8.92. The molecular weight excluding hydrogens is 246 g/mol. The van der Waals surface area contributed by atoms with Crippen molar-refractivity contribution in [3.8, 4) is 0 Å². The molecule has 1 aliphatic heterocycles. The maximum Gasteiger partial charge on any atom is 0.0403 e. The van der Waals surface area contributed by atoms with Crippen LogP contribution in [0.5, 0.6) is 0 Å². The smallest absolute Gasteiger partial charge is 0.0403 e. The van der Waals surface area contributed by atoms with E-state index in [1.54, 1.807) is 0 Å². The second-order valence-corrected chi connectivity index (χ2v) is 6.75. The van der Waals surface area contributed by atoms with Crippen molar-refractivity contribution in [3.05, 3.63) is 23.8 Å². The standard InChI is InChI=1S/C17H27N3/c1-12-9-16(19(3)4)7-8-17(12)18-14-10-13(2)20(11-14)15-5-6-15/h7-9,13-15,18H,5-6,10-11H2,1-4H3. The van der Waals surface area contributed by atoms with Crippen molar-refractivity contribution < 1.29 is 0 Å². The third-order valence-electron chi connectivity index (χ3n) is 4.72. The van der Waals surface area contributed by atoms with Crippen molar-refractivity contribution in [2.24, 2.45) is 0 Å². The lowest BCUT2D eigenvalue weighted by molar-refractivity contribution is 0.257. The van der Waals surface area contributed by atoms with E-state index in [-0.39, 0.29) is 0 Å². The Hall–Kier alpha value is -1.22. The molecule has 0 aromatic heterocycles. The molecule has 1 heterocycles. The zero-order chi connectivity index (χ0) is 14.3. The topological polar surface area (TPSA) is 18.5 Å². The van der Waals surface area contributed by atoms with Crippen molar-refractivity contribution in [2.75, 3.05) is 30.9 Å². The quantitative estimate of drug-likeness (QED) is 0.909. The average Bonchev–Trinajstić information content (AvgIpc) is 3.16. The molecule has 1 aliphatic carbocycles. The van der Waals surface area contributed by atoms with Crippen LogP contribution in [-0.2, 0) is 0 Å². The van der Waals surface area contributed by atoms with Gasteiger partial charge in [-0.15, -0.1) is 0 Å². The van der Waals surface area contributed by atoms with E-state index in [2.05, 4.69) is 61.3 Å². The Balaban J connectivity index is 1.66. The van der Waals surface area contributed by atoms with E-state index in [9.17, 15) is 0 Å². The zero-order valence-electron chi connectivity index (χ0n) is 13.2. The van der Waals surface area contributed by atoms with Gasteiger partial charge in [0.15, 0.2) is 0 Å². The third kappa shape index (κ3) is 2.78. The highest BCUT2D eigenvalue weighted by Crippen LogP contribution is 2.34. The molecule has 0 amide bonds. The summed E-state index contributed by atoms with van der Waals surface area (Å²) < 4.78 is 0. The monoisotopic (exact) mass is 273 g/mol. The minimum Gasteiger partial charge on any atom is -0.381 e. The Kier molecular flexibility index (Phi) is 3.63. The summed E-state index contributed by atoms with van der Waals surface area (Å²) in [7, 11) is 4.18. The number of hydrogen-bond acceptors (Lipinski definition) is 3. The summed E-state index contributed by atoms with van der Waals surface area (Å²) in [5.74, 6) is 0. The number of benzene rings is 1. The Labute approximate surface area is 123 Å². The highest BCUT2D eigenvalue weighted by atomic mass is 15.3. The van der Waals surface area contributed by atoms with Crippen LogP contribution in [0.1, 0.15) is 31.7 Å². The van der Waals surface area contributed by atoms with Crippen LogP contribution >= 0.6 is 0 Å². The van der Waals surface area contributed by atoms with E-state index in [4.69, 9.17) is 0 Å². The van der Waals surface area contributed by atoms with E-state index in [1.807, 2.05) is 0 Å². The summed E-state index contributed by atoms with van der Waals surface area (Å²) in [4.78, 5) is 4.85. The summed E-state index contributed by atoms with van der Waals surface area (Å²) in [5.41, 5.74) is 3.91. The van der Waals surface area contributed by atoms with Crippen molar-refractivity contribution in [1.82, 2.24) is 4.90 Å². The van der Waals surface area contributed by atoms with E-state index >= 15 is 0 Å². The lowest BCUT2D eigenvalue weighted by atomic mass is 10.1. The molecular formula is C17H27N3. The summed E-state index contributed by atoms with van der Waals surface area (Å²) in [6.07, 6.45) is 4.09. The second-order valence-electron chi connectivity index (χ2n) is 6.75. The van der Waals surface area contributed by atoms with Gasteiger partial charge in [0.25, 0.3) is 0 Å². The fourth-order valence-corrected chi connectivity index (χ4v) is 3.38. The van der Waals surface area contributed by atoms with Gasteiger partial charge in [0.2, 0.25) is 0 Å². The molecule has 2 fully saturated rings. The van der Waals surface area contributed by atoms with Gasteiger partial charge in [0.05, 0.1) is 0 Å². The first-order valence-corrected chi connectivity index (χ1v) is 7.85. The van der Waals surface area contributed by atoms with Crippen LogP contribution in [0.4, 0.5) is 11.4 Å². The predicted molar refractivity (Wildman–Crippen MR) is 86.7 cm³/mol. The fourth-order valence-electron chi connectivity index (χ4n) is 3.38. The van der Waals surface area contributed by atoms with Crippen LogP contribution in [0.3, 0.4) is 0 Å². The van der Waals surface area contributed by atoms with Gasteiger partial charge in [0.1, 0.15) is 0 Å². The highest BCUT2D eigenvalue weighted by Gasteiger charge is 2.38. The average molecular weight is 273 g/mol. The Bertz CT molecular complexity index is 479. The zero-order valence-corrected chi connectivity index (χ0v) is 13.2. The molecule has 0 spiro atoms. The SMILES string of the molecule is Cc1cc(N(C)C)ccc1NC1CC(C)N(C2CC2)C1. The number of nitrogens with one attached hydrogen (secondary N) is 1. The minimum atomic E-state index is 0.606. The normalized spacial score (nSPS) is 26.8. The minimum absolute atomic E-state index is 0.606. The number of likely N-dealkylation sites (tertiary alicyclic amines) is 1. The molecule has 3 nitrogen and oxygen atoms in total. The molecule has 1 aromatic carbocycles. The first-order valence-electron chi connectivity index (χ1n) is 7.85. The molecule has 0 bridgehead atoms. The van der Waals surface area contributed by atoms with Crippen LogP contribution in [0.2, 0.25) is 0 Å². The highest BCUT2D eigenvalue weighted by molar-refractivity contribution is 5.60. The first-order chi connectivity index (χ1) is 9.54. The molecule has 2 aliphatic rings. The number of hydrogen-bond donors (Lipinski definition) is 1. The predicted octanol–water partition coefficient (Wildman–Crippen LogP) is 3.10. The molecule has 1 aromatic rings. The maximum atomic E-state index is 3.76. The van der Waals surface area contributed by atoms with E-state index in [0.717, 1.165) is 12.1 Å². The summed E-state index contributed by atoms with van der Waals surface area (Å²) in [5, 5.41) is 3.76. The number of anilines is 2. The van der Waals surface area contributed by atoms with Gasteiger partial charge in [-0.1, -0.05) is 0 Å². The molecule has 2 atom stereocenters. The number of rotatable bonds is 4. The van der Waals surface area contributed by atoms with Gasteiger partial charge in [0, 0.05) is 50.1 Å². The molecule has 3 heteroatoms. The molecule has 1 saturated carbocycles. The summed E-state index contributed by atoms with van der Waals surface area (Å²) >= 11 is 0. The fraction of sp³-hybridized carbons (Fsp3) is 0.647. The van der Waals surface area contributed by atoms with Gasteiger partial charge >= 0.3 is 0 Å². The second kappa shape index (κ2) is 5.28. The van der Waals surface area contributed by atoms with E-state index < -0.39 is 0 Å². The Morgan fingerprint density at radius 2 is 2.00 bits per heavy atom. The molecule has 0 radical (unpaired) electrons. The van der Waals surface area contributed by atoms with E-state index in [1.165, 1.54) is 42.7 Å². The molecule has 20 heavy (non-hydrogen) atoms. The van der Waals surface area contributed by atoms with Crippen LogP contribution in [0, 0.1) is 6.92 Å². The van der Waals surface area contributed by atoms with Gasteiger partial charge in [-0.25, -0.2) is 0 Å². The van der Waals surface area contributed by atoms with Crippen LogP contribution in [-0.4, -0.2) is 43.7 Å². The third-order valence-corrected chi connectivity index (χ3v) is 4.72. The maximum absolute atomic E-state index is 3.76. The lowest BCUT2D eigenvalue weighted by Crippen LogP contribution is -2.31. The molecule has 3 rings (SSSR count). The first kappa shape index (κ1) is 13.7. The van der Waals surface area contributed by atoms with Gasteiger partial charge in [-0.3, -0.25) is 4.90 Å². The Morgan fingerprint density at radius 3 is 2.60 bits per heavy atom. The van der Waals surface area contributed by atoms with Gasteiger partial charge in [-0.05, 0) is 56.9 Å². The lowest BCUT2D eigenvalue weighted by Gasteiger charge is -2.20. The molecule has 1 saturated heterocycles. The molecule has 2 unspecified atom stereocenters. The van der Waals surface area contributed by atoms with E-state index in [0.29, 0.717) is 6.04 Å². The Morgan fingerprint density at radius 1 is 1.25 bits per heavy atom.